The Morgan fingerprint density at radius 2 is 1.85 bits per heavy atom. The summed E-state index contributed by atoms with van der Waals surface area (Å²) in [5, 5.41) is 9.19. The Morgan fingerprint density at radius 3 is 2.52 bits per heavy atom. The maximum atomic E-state index is 14.1. The lowest BCUT2D eigenvalue weighted by molar-refractivity contribution is -0.157. The van der Waals surface area contributed by atoms with Crippen LogP contribution in [-0.2, 0) is 19.1 Å². The standard InChI is InChI=1S/C28H44O5/c1-6-19-23-15-18(33-16-32-5)11-13-28(23,4)22-12-14-27(3)20(17(2)7-10-24(29)30)8-9-21(27)25(22)26(19)31/h6,17-18,20-23,25H,7-16H2,1-5H3,(H,29,30)/t17-,18-,20-,21+,22+,23+,25+,27-,28-/m1/s1. The highest BCUT2D eigenvalue weighted by atomic mass is 16.7. The van der Waals surface area contributed by atoms with E-state index in [4.69, 9.17) is 9.47 Å². The number of fused-ring (bicyclic) bond motifs is 5. The number of aliphatic carboxylic acids is 1. The third kappa shape index (κ3) is 4.11. The lowest BCUT2D eigenvalue weighted by atomic mass is 9.43. The Morgan fingerprint density at radius 1 is 1.15 bits per heavy atom. The van der Waals surface area contributed by atoms with E-state index >= 15 is 0 Å². The minimum Gasteiger partial charge on any atom is -0.481 e. The van der Waals surface area contributed by atoms with Gasteiger partial charge in [-0.3, -0.25) is 9.59 Å². The number of carboxylic acids is 1. The molecule has 0 aromatic carbocycles. The highest BCUT2D eigenvalue weighted by Crippen LogP contribution is 2.68. The summed E-state index contributed by atoms with van der Waals surface area (Å²) in [5.74, 6) is 1.91. The molecule has 5 nitrogen and oxygen atoms in total. The van der Waals surface area contributed by atoms with Crippen molar-refractivity contribution in [1.29, 1.82) is 0 Å². The summed E-state index contributed by atoms with van der Waals surface area (Å²) in [7, 11) is 1.66. The Kier molecular flexibility index (Phi) is 7.13. The predicted molar refractivity (Wildman–Crippen MR) is 128 cm³/mol. The van der Waals surface area contributed by atoms with Crippen LogP contribution in [0.5, 0.6) is 0 Å². The molecule has 1 N–H and O–H groups in total. The Bertz CT molecular complexity index is 789. The molecule has 0 saturated heterocycles. The molecule has 0 unspecified atom stereocenters. The van der Waals surface area contributed by atoms with Crippen molar-refractivity contribution in [3.63, 3.8) is 0 Å². The van der Waals surface area contributed by atoms with Crippen molar-refractivity contribution in [2.24, 2.45) is 46.3 Å². The minimum absolute atomic E-state index is 0.129. The van der Waals surface area contributed by atoms with Crippen LogP contribution < -0.4 is 0 Å². The molecule has 4 aliphatic rings. The summed E-state index contributed by atoms with van der Waals surface area (Å²) in [6.45, 7) is 9.49. The van der Waals surface area contributed by atoms with Crippen LogP contribution in [0.2, 0.25) is 0 Å². The zero-order valence-electron chi connectivity index (χ0n) is 21.3. The van der Waals surface area contributed by atoms with Gasteiger partial charge in [0, 0.05) is 19.4 Å². The van der Waals surface area contributed by atoms with Crippen LogP contribution in [0.4, 0.5) is 0 Å². The molecule has 4 rings (SSSR count). The van der Waals surface area contributed by atoms with E-state index in [9.17, 15) is 14.7 Å². The van der Waals surface area contributed by atoms with Gasteiger partial charge < -0.3 is 14.6 Å². The van der Waals surface area contributed by atoms with Gasteiger partial charge >= 0.3 is 5.97 Å². The molecular formula is C28H44O5. The Labute approximate surface area is 199 Å². The molecular weight excluding hydrogens is 416 g/mol. The van der Waals surface area contributed by atoms with Crippen molar-refractivity contribution < 1.29 is 24.2 Å². The van der Waals surface area contributed by atoms with E-state index in [1.54, 1.807) is 7.11 Å². The van der Waals surface area contributed by atoms with Gasteiger partial charge in [0.1, 0.15) is 6.79 Å². The zero-order valence-corrected chi connectivity index (χ0v) is 21.3. The SMILES string of the molecule is CC=C1C(=O)[C@@H]2[C@H](CC[C@]3(C)[C@@H]([C@H](C)CCC(=O)O)CC[C@@H]23)[C@@]2(C)CC[C@@H](OCOC)C[C@@H]12. The highest BCUT2D eigenvalue weighted by molar-refractivity contribution is 5.99. The van der Waals surface area contributed by atoms with Gasteiger partial charge in [-0.1, -0.05) is 26.8 Å². The number of allylic oxidation sites excluding steroid dienone is 2. The molecule has 0 radical (unpaired) electrons. The molecule has 0 amide bonds. The molecule has 4 fully saturated rings. The number of methoxy groups -OCH3 is 1. The molecule has 33 heavy (non-hydrogen) atoms. The second-order valence-corrected chi connectivity index (χ2v) is 12.0. The molecule has 0 aromatic heterocycles. The number of ketones is 1. The number of Topliss-reactive ketones (excluding diaryl/α,β-unsaturated/α-hetero) is 1. The maximum Gasteiger partial charge on any atom is 0.303 e. The molecule has 5 heteroatoms. The van der Waals surface area contributed by atoms with Crippen LogP contribution in [0.1, 0.15) is 85.5 Å². The summed E-state index contributed by atoms with van der Waals surface area (Å²) >= 11 is 0. The second kappa shape index (κ2) is 9.45. The van der Waals surface area contributed by atoms with E-state index in [0.717, 1.165) is 50.5 Å². The predicted octanol–water partition coefficient (Wildman–Crippen LogP) is 5.87. The first-order valence-electron chi connectivity index (χ1n) is 13.2. The average molecular weight is 461 g/mol. The van der Waals surface area contributed by atoms with Crippen LogP contribution in [0.15, 0.2) is 11.6 Å². The molecule has 0 bridgehead atoms. The molecule has 9 atom stereocenters. The van der Waals surface area contributed by atoms with E-state index in [-0.39, 0.29) is 35.2 Å². The van der Waals surface area contributed by atoms with Gasteiger partial charge in [-0.15, -0.1) is 0 Å². The Hall–Kier alpha value is -1.20. The minimum atomic E-state index is -0.700. The highest BCUT2D eigenvalue weighted by Gasteiger charge is 2.64. The third-order valence-electron chi connectivity index (χ3n) is 10.7. The largest absolute Gasteiger partial charge is 0.481 e. The van der Waals surface area contributed by atoms with Crippen molar-refractivity contribution in [1.82, 2.24) is 0 Å². The molecule has 4 aliphatic carbocycles. The zero-order chi connectivity index (χ0) is 24.0. The van der Waals surface area contributed by atoms with Crippen LogP contribution in [0.3, 0.4) is 0 Å². The van der Waals surface area contributed by atoms with Crippen molar-refractivity contribution in [2.45, 2.75) is 91.6 Å². The van der Waals surface area contributed by atoms with E-state index in [0.29, 0.717) is 36.2 Å². The molecule has 0 aliphatic heterocycles. The van der Waals surface area contributed by atoms with Crippen LogP contribution in [0, 0.1) is 46.3 Å². The fourth-order valence-electron chi connectivity index (χ4n) is 9.02. The lowest BCUT2D eigenvalue weighted by Crippen LogP contribution is -2.58. The fourth-order valence-corrected chi connectivity index (χ4v) is 9.02. The van der Waals surface area contributed by atoms with E-state index < -0.39 is 5.97 Å². The van der Waals surface area contributed by atoms with Gasteiger partial charge in [0.25, 0.3) is 0 Å². The Balaban J connectivity index is 1.59. The van der Waals surface area contributed by atoms with E-state index in [1.807, 2.05) is 6.92 Å². The van der Waals surface area contributed by atoms with E-state index in [1.165, 1.54) is 6.42 Å². The summed E-state index contributed by atoms with van der Waals surface area (Å²) < 4.78 is 11.1. The maximum absolute atomic E-state index is 14.1. The third-order valence-corrected chi connectivity index (χ3v) is 10.7. The van der Waals surface area contributed by atoms with Crippen molar-refractivity contribution in [3.8, 4) is 0 Å². The second-order valence-electron chi connectivity index (χ2n) is 12.0. The average Bonchev–Trinajstić information content (AvgIpc) is 3.14. The van der Waals surface area contributed by atoms with Gasteiger partial charge in [0.2, 0.25) is 0 Å². The first-order chi connectivity index (χ1) is 15.7. The molecule has 0 heterocycles. The van der Waals surface area contributed by atoms with Gasteiger partial charge in [-0.2, -0.15) is 0 Å². The smallest absolute Gasteiger partial charge is 0.303 e. The molecule has 4 saturated carbocycles. The summed E-state index contributed by atoms with van der Waals surface area (Å²) in [6, 6.07) is 0. The monoisotopic (exact) mass is 460 g/mol. The number of hydrogen-bond acceptors (Lipinski definition) is 4. The summed E-state index contributed by atoms with van der Waals surface area (Å²) in [4.78, 5) is 25.2. The van der Waals surface area contributed by atoms with Gasteiger partial charge in [0.15, 0.2) is 5.78 Å². The number of carboxylic acid groups (broad SMARTS) is 1. The molecule has 0 spiro atoms. The van der Waals surface area contributed by atoms with Crippen LogP contribution in [0.25, 0.3) is 0 Å². The van der Waals surface area contributed by atoms with Gasteiger partial charge in [-0.25, -0.2) is 0 Å². The van der Waals surface area contributed by atoms with E-state index in [2.05, 4.69) is 26.8 Å². The summed E-state index contributed by atoms with van der Waals surface area (Å²) in [6.07, 6.45) is 10.9. The number of hydrogen-bond donors (Lipinski definition) is 1. The van der Waals surface area contributed by atoms with Crippen molar-refractivity contribution in [2.75, 3.05) is 13.9 Å². The topological polar surface area (TPSA) is 72.8 Å². The van der Waals surface area contributed by atoms with Crippen molar-refractivity contribution >= 4 is 11.8 Å². The first kappa shape index (κ1) is 24.9. The van der Waals surface area contributed by atoms with Gasteiger partial charge in [-0.05, 0) is 104 Å². The van der Waals surface area contributed by atoms with Crippen LogP contribution in [-0.4, -0.2) is 36.9 Å². The number of ether oxygens (including phenoxy) is 2. The summed E-state index contributed by atoms with van der Waals surface area (Å²) in [5.41, 5.74) is 1.35. The molecule has 0 aromatic rings. The first-order valence-corrected chi connectivity index (χ1v) is 13.2. The normalized spacial score (nSPS) is 44.8. The fraction of sp³-hybridized carbons (Fsp3) is 0.857. The van der Waals surface area contributed by atoms with Gasteiger partial charge in [0.05, 0.1) is 6.10 Å². The quantitative estimate of drug-likeness (QED) is 0.380. The van der Waals surface area contributed by atoms with Crippen molar-refractivity contribution in [3.05, 3.63) is 11.6 Å². The number of rotatable bonds is 7. The van der Waals surface area contributed by atoms with Crippen LogP contribution >= 0.6 is 0 Å². The number of carbonyl (C=O) groups is 2. The number of carbonyl (C=O) groups excluding carboxylic acids is 1. The lowest BCUT2D eigenvalue weighted by Gasteiger charge is -2.61. The molecule has 186 valence electrons.